The Hall–Kier alpha value is -3.67. The number of pyridine rings is 2. The second kappa shape index (κ2) is 7.75. The van der Waals surface area contributed by atoms with Crippen molar-refractivity contribution in [1.82, 2.24) is 9.55 Å². The zero-order valence-corrected chi connectivity index (χ0v) is 16.3. The van der Waals surface area contributed by atoms with Crippen molar-refractivity contribution in [2.75, 3.05) is 5.32 Å². The van der Waals surface area contributed by atoms with Crippen LogP contribution in [0.1, 0.15) is 34.3 Å². The number of carbonyl (C=O) groups excluding carboxylic acids is 1. The standard InChI is InChI=1S/C23H21N3O3/c1-3-16-6-8-17(9-7-16)25-22(27)19-13-20-21(24-15(19)2)10-11-26(23(20)28)14-18-5-4-12-29-18/h4-13H,3,14H2,1-2H3,(H,25,27). The number of benzene rings is 1. The van der Waals surface area contributed by atoms with E-state index < -0.39 is 0 Å². The Balaban J connectivity index is 1.68. The number of hydrogen-bond acceptors (Lipinski definition) is 4. The molecule has 6 heteroatoms. The van der Waals surface area contributed by atoms with Crippen LogP contribution in [0.2, 0.25) is 0 Å². The summed E-state index contributed by atoms with van der Waals surface area (Å²) in [6, 6.07) is 14.7. The SMILES string of the molecule is CCc1ccc(NC(=O)c2cc3c(=O)n(Cc4ccco4)ccc3nc2C)cc1. The van der Waals surface area contributed by atoms with Gasteiger partial charge in [0, 0.05) is 11.9 Å². The lowest BCUT2D eigenvalue weighted by Crippen LogP contribution is -2.21. The predicted octanol–water partition coefficient (Wildman–Crippen LogP) is 4.16. The lowest BCUT2D eigenvalue weighted by Gasteiger charge is -2.10. The zero-order chi connectivity index (χ0) is 20.4. The van der Waals surface area contributed by atoms with Gasteiger partial charge in [0.05, 0.1) is 35.0 Å². The van der Waals surface area contributed by atoms with Gasteiger partial charge in [-0.3, -0.25) is 14.6 Å². The molecule has 4 aromatic rings. The number of nitrogens with one attached hydrogen (secondary N) is 1. The Morgan fingerprint density at radius 1 is 1.17 bits per heavy atom. The van der Waals surface area contributed by atoms with Crippen LogP contribution >= 0.6 is 0 Å². The molecule has 0 aliphatic carbocycles. The fourth-order valence-corrected chi connectivity index (χ4v) is 3.25. The van der Waals surface area contributed by atoms with E-state index in [9.17, 15) is 9.59 Å². The first-order chi connectivity index (χ1) is 14.0. The second-order valence-corrected chi connectivity index (χ2v) is 6.89. The Morgan fingerprint density at radius 2 is 1.97 bits per heavy atom. The third-order valence-electron chi connectivity index (χ3n) is 4.92. The van der Waals surface area contributed by atoms with Gasteiger partial charge in [0.25, 0.3) is 11.5 Å². The highest BCUT2D eigenvalue weighted by Gasteiger charge is 2.15. The predicted molar refractivity (Wildman–Crippen MR) is 112 cm³/mol. The molecule has 6 nitrogen and oxygen atoms in total. The molecule has 1 N–H and O–H groups in total. The molecule has 0 saturated heterocycles. The minimum Gasteiger partial charge on any atom is -0.467 e. The van der Waals surface area contributed by atoms with E-state index in [0.717, 1.165) is 6.42 Å². The van der Waals surface area contributed by atoms with Crippen LogP contribution in [0.25, 0.3) is 10.9 Å². The Morgan fingerprint density at radius 3 is 2.66 bits per heavy atom. The van der Waals surface area contributed by atoms with Gasteiger partial charge in [-0.15, -0.1) is 0 Å². The van der Waals surface area contributed by atoms with E-state index in [0.29, 0.717) is 40.2 Å². The number of hydrogen-bond donors (Lipinski definition) is 1. The minimum absolute atomic E-state index is 0.215. The molecule has 1 aromatic carbocycles. The lowest BCUT2D eigenvalue weighted by molar-refractivity contribution is 0.102. The molecule has 29 heavy (non-hydrogen) atoms. The molecule has 0 saturated carbocycles. The van der Waals surface area contributed by atoms with Gasteiger partial charge in [0.15, 0.2) is 0 Å². The Kier molecular flexibility index (Phi) is 4.99. The number of furan rings is 1. The van der Waals surface area contributed by atoms with Crippen LogP contribution in [0.5, 0.6) is 0 Å². The number of anilines is 1. The van der Waals surface area contributed by atoms with Crippen LogP contribution in [0.15, 0.2) is 70.2 Å². The van der Waals surface area contributed by atoms with Gasteiger partial charge in [0.1, 0.15) is 5.76 Å². The highest BCUT2D eigenvalue weighted by Crippen LogP contribution is 2.17. The van der Waals surface area contributed by atoms with Crippen molar-refractivity contribution in [1.29, 1.82) is 0 Å². The van der Waals surface area contributed by atoms with Gasteiger partial charge in [-0.1, -0.05) is 19.1 Å². The lowest BCUT2D eigenvalue weighted by atomic mass is 10.1. The molecule has 3 heterocycles. The van der Waals surface area contributed by atoms with Gasteiger partial charge in [0.2, 0.25) is 0 Å². The first-order valence-corrected chi connectivity index (χ1v) is 9.48. The van der Waals surface area contributed by atoms with Crippen molar-refractivity contribution in [2.45, 2.75) is 26.8 Å². The largest absolute Gasteiger partial charge is 0.467 e. The van der Waals surface area contributed by atoms with E-state index in [4.69, 9.17) is 4.42 Å². The molecule has 0 atom stereocenters. The summed E-state index contributed by atoms with van der Waals surface area (Å²) >= 11 is 0. The van der Waals surface area contributed by atoms with E-state index in [2.05, 4.69) is 17.2 Å². The fraction of sp³-hybridized carbons (Fsp3) is 0.174. The number of amides is 1. The minimum atomic E-state index is -0.290. The maximum atomic E-state index is 12.9. The molecule has 0 aliphatic rings. The van der Waals surface area contributed by atoms with Crippen molar-refractivity contribution in [3.8, 4) is 0 Å². The summed E-state index contributed by atoms with van der Waals surface area (Å²) in [5.74, 6) is 0.391. The van der Waals surface area contributed by atoms with Crippen molar-refractivity contribution in [3.05, 3.63) is 93.9 Å². The van der Waals surface area contributed by atoms with Gasteiger partial charge in [-0.25, -0.2) is 0 Å². The molecule has 3 aromatic heterocycles. The summed E-state index contributed by atoms with van der Waals surface area (Å²) in [7, 11) is 0. The highest BCUT2D eigenvalue weighted by molar-refractivity contribution is 6.06. The first kappa shape index (κ1) is 18.7. The summed E-state index contributed by atoms with van der Waals surface area (Å²) in [5.41, 5.74) is 3.20. The van der Waals surface area contributed by atoms with Crippen LogP contribution in [-0.4, -0.2) is 15.5 Å². The average Bonchev–Trinajstić information content (AvgIpc) is 3.23. The van der Waals surface area contributed by atoms with Gasteiger partial charge < -0.3 is 14.3 Å². The molecule has 0 unspecified atom stereocenters. The van der Waals surface area contributed by atoms with Crippen LogP contribution in [-0.2, 0) is 13.0 Å². The van der Waals surface area contributed by atoms with E-state index in [1.807, 2.05) is 30.3 Å². The van der Waals surface area contributed by atoms with E-state index in [1.165, 1.54) is 5.56 Å². The zero-order valence-electron chi connectivity index (χ0n) is 16.3. The normalized spacial score (nSPS) is 11.0. The highest BCUT2D eigenvalue weighted by atomic mass is 16.3. The van der Waals surface area contributed by atoms with Gasteiger partial charge in [-0.05, 0) is 55.3 Å². The van der Waals surface area contributed by atoms with E-state index in [1.54, 1.807) is 42.1 Å². The topological polar surface area (TPSA) is 77.1 Å². The molecule has 146 valence electrons. The van der Waals surface area contributed by atoms with Crippen LogP contribution in [0, 0.1) is 6.92 Å². The maximum Gasteiger partial charge on any atom is 0.260 e. The van der Waals surface area contributed by atoms with E-state index in [-0.39, 0.29) is 11.5 Å². The molecular formula is C23H21N3O3. The van der Waals surface area contributed by atoms with Crippen molar-refractivity contribution < 1.29 is 9.21 Å². The molecular weight excluding hydrogens is 366 g/mol. The Bertz CT molecular complexity index is 1220. The monoisotopic (exact) mass is 387 g/mol. The van der Waals surface area contributed by atoms with Crippen molar-refractivity contribution >= 4 is 22.5 Å². The summed E-state index contributed by atoms with van der Waals surface area (Å²) in [6.07, 6.45) is 4.20. The molecule has 0 spiro atoms. The average molecular weight is 387 g/mol. The fourth-order valence-electron chi connectivity index (χ4n) is 3.25. The number of rotatable bonds is 5. The van der Waals surface area contributed by atoms with Crippen molar-refractivity contribution in [3.63, 3.8) is 0 Å². The third kappa shape index (κ3) is 3.82. The summed E-state index contributed by atoms with van der Waals surface area (Å²) in [6.45, 7) is 4.17. The summed E-state index contributed by atoms with van der Waals surface area (Å²) < 4.78 is 6.87. The third-order valence-corrected chi connectivity index (χ3v) is 4.92. The quantitative estimate of drug-likeness (QED) is 0.558. The first-order valence-electron chi connectivity index (χ1n) is 9.48. The second-order valence-electron chi connectivity index (χ2n) is 6.89. The Labute approximate surface area is 167 Å². The maximum absolute atomic E-state index is 12.9. The molecule has 0 bridgehead atoms. The van der Waals surface area contributed by atoms with Crippen molar-refractivity contribution in [2.24, 2.45) is 0 Å². The number of aryl methyl sites for hydroxylation is 2. The smallest absolute Gasteiger partial charge is 0.260 e. The molecule has 4 rings (SSSR count). The molecule has 0 radical (unpaired) electrons. The number of fused-ring (bicyclic) bond motifs is 1. The van der Waals surface area contributed by atoms with Gasteiger partial charge in [-0.2, -0.15) is 0 Å². The van der Waals surface area contributed by atoms with Gasteiger partial charge >= 0.3 is 0 Å². The number of aromatic nitrogens is 2. The molecule has 0 aliphatic heterocycles. The summed E-state index contributed by atoms with van der Waals surface area (Å²) in [5, 5.41) is 3.28. The molecule has 1 amide bonds. The number of nitrogens with zero attached hydrogens (tertiary/aromatic N) is 2. The summed E-state index contributed by atoms with van der Waals surface area (Å²) in [4.78, 5) is 30.2. The van der Waals surface area contributed by atoms with E-state index >= 15 is 0 Å². The van der Waals surface area contributed by atoms with Crippen LogP contribution in [0.3, 0.4) is 0 Å². The number of carbonyl (C=O) groups is 1. The molecule has 0 fully saturated rings. The van der Waals surface area contributed by atoms with Crippen LogP contribution in [0.4, 0.5) is 5.69 Å². The van der Waals surface area contributed by atoms with Crippen LogP contribution < -0.4 is 10.9 Å².